The van der Waals surface area contributed by atoms with Crippen LogP contribution < -0.4 is 4.74 Å². The van der Waals surface area contributed by atoms with E-state index in [1.165, 1.54) is 11.3 Å². The second-order valence-corrected chi connectivity index (χ2v) is 5.87. The van der Waals surface area contributed by atoms with Gasteiger partial charge < -0.3 is 9.84 Å². The van der Waals surface area contributed by atoms with Crippen LogP contribution >= 0.6 is 27.3 Å². The minimum absolute atomic E-state index is 0.244. The Hall–Kier alpha value is -1.40. The molecular formula is C13H12BrNO3S. The summed E-state index contributed by atoms with van der Waals surface area (Å²) in [6, 6.07) is 5.49. The van der Waals surface area contributed by atoms with Crippen LogP contribution in [0.15, 0.2) is 28.9 Å². The molecule has 0 atom stereocenters. The van der Waals surface area contributed by atoms with Crippen LogP contribution in [0.2, 0.25) is 0 Å². The molecular weight excluding hydrogens is 330 g/mol. The number of thiophene rings is 1. The van der Waals surface area contributed by atoms with Crippen LogP contribution in [0, 0.1) is 0 Å². The maximum Gasteiger partial charge on any atom is 0.349 e. The summed E-state index contributed by atoms with van der Waals surface area (Å²) >= 11 is 4.56. The topological polar surface area (TPSA) is 59.4 Å². The number of aryl methyl sites for hydroxylation is 1. The third-order valence-electron chi connectivity index (χ3n) is 2.46. The smallest absolute Gasteiger partial charge is 0.349 e. The zero-order chi connectivity index (χ0) is 13.8. The number of carboxylic acids is 1. The lowest BCUT2D eigenvalue weighted by atomic mass is 10.3. The van der Waals surface area contributed by atoms with Gasteiger partial charge in [0.2, 0.25) is 0 Å². The van der Waals surface area contributed by atoms with Gasteiger partial charge in [-0.05, 0) is 40.5 Å². The van der Waals surface area contributed by atoms with Crippen LogP contribution in [0.1, 0.15) is 27.2 Å². The van der Waals surface area contributed by atoms with Crippen molar-refractivity contribution in [1.29, 1.82) is 0 Å². The van der Waals surface area contributed by atoms with Crippen molar-refractivity contribution < 1.29 is 14.6 Å². The summed E-state index contributed by atoms with van der Waals surface area (Å²) in [6.45, 7) is 2.24. The van der Waals surface area contributed by atoms with Crippen molar-refractivity contribution in [3.8, 4) is 5.75 Å². The van der Waals surface area contributed by atoms with Gasteiger partial charge in [0, 0.05) is 15.5 Å². The Morgan fingerprint density at radius 1 is 1.53 bits per heavy atom. The number of halogens is 1. The van der Waals surface area contributed by atoms with E-state index >= 15 is 0 Å². The molecule has 0 spiro atoms. The van der Waals surface area contributed by atoms with E-state index in [1.54, 1.807) is 12.3 Å². The summed E-state index contributed by atoms with van der Waals surface area (Å²) in [6.07, 6.45) is 2.48. The van der Waals surface area contributed by atoms with Crippen molar-refractivity contribution in [3.63, 3.8) is 0 Å². The Morgan fingerprint density at radius 2 is 2.32 bits per heavy atom. The van der Waals surface area contributed by atoms with Crippen LogP contribution in [0.4, 0.5) is 0 Å². The van der Waals surface area contributed by atoms with Crippen LogP contribution in [-0.2, 0) is 13.0 Å². The van der Waals surface area contributed by atoms with Gasteiger partial charge in [-0.3, -0.25) is 4.98 Å². The molecule has 0 aliphatic rings. The lowest BCUT2D eigenvalue weighted by molar-refractivity contribution is 0.0697. The van der Waals surface area contributed by atoms with E-state index in [4.69, 9.17) is 9.84 Å². The van der Waals surface area contributed by atoms with E-state index in [9.17, 15) is 4.79 Å². The zero-order valence-corrected chi connectivity index (χ0v) is 12.6. The summed E-state index contributed by atoms with van der Waals surface area (Å²) in [5.41, 5.74) is 0.754. The molecule has 100 valence electrons. The molecule has 0 saturated heterocycles. The van der Waals surface area contributed by atoms with E-state index in [0.717, 1.165) is 21.5 Å². The highest BCUT2D eigenvalue weighted by atomic mass is 79.9. The minimum Gasteiger partial charge on any atom is -0.485 e. The summed E-state index contributed by atoms with van der Waals surface area (Å²) in [5.74, 6) is -0.539. The molecule has 1 N–H and O–H groups in total. The predicted molar refractivity (Wildman–Crippen MR) is 76.9 cm³/mol. The lowest BCUT2D eigenvalue weighted by Gasteiger charge is -2.04. The first-order chi connectivity index (χ1) is 9.10. The maximum absolute atomic E-state index is 11.1. The largest absolute Gasteiger partial charge is 0.485 e. The number of nitrogens with zero attached hydrogens (tertiary/aromatic N) is 1. The quantitative estimate of drug-likeness (QED) is 0.899. The van der Waals surface area contributed by atoms with Crippen LogP contribution in [0.3, 0.4) is 0 Å². The number of pyridine rings is 1. The minimum atomic E-state index is -0.955. The van der Waals surface area contributed by atoms with Crippen molar-refractivity contribution >= 4 is 33.2 Å². The second-order valence-electron chi connectivity index (χ2n) is 3.82. The molecule has 2 aromatic rings. The van der Waals surface area contributed by atoms with Gasteiger partial charge in [-0.15, -0.1) is 11.3 Å². The summed E-state index contributed by atoms with van der Waals surface area (Å²) in [4.78, 5) is 16.5. The Labute approximate surface area is 123 Å². The third kappa shape index (κ3) is 3.54. The molecule has 2 rings (SSSR count). The Bertz CT molecular complexity index is 580. The molecule has 0 aliphatic heterocycles. The van der Waals surface area contributed by atoms with Crippen LogP contribution in [0.25, 0.3) is 0 Å². The number of hydrogen-bond acceptors (Lipinski definition) is 4. The Kier molecular flexibility index (Phi) is 4.55. The van der Waals surface area contributed by atoms with Gasteiger partial charge in [-0.25, -0.2) is 4.79 Å². The van der Waals surface area contributed by atoms with Gasteiger partial charge in [0.05, 0.1) is 5.69 Å². The van der Waals surface area contributed by atoms with Gasteiger partial charge in [0.25, 0.3) is 0 Å². The predicted octanol–water partition coefficient (Wildman–Crippen LogP) is 3.75. The molecule has 2 aromatic heterocycles. The van der Waals surface area contributed by atoms with Gasteiger partial charge in [-0.1, -0.05) is 6.92 Å². The van der Waals surface area contributed by atoms with E-state index < -0.39 is 5.97 Å². The molecule has 4 nitrogen and oxygen atoms in total. The first-order valence-corrected chi connectivity index (χ1v) is 7.30. The van der Waals surface area contributed by atoms with Crippen molar-refractivity contribution in [2.24, 2.45) is 0 Å². The number of aromatic carboxylic acids is 1. The third-order valence-corrected chi connectivity index (χ3v) is 4.17. The molecule has 6 heteroatoms. The fourth-order valence-corrected chi connectivity index (χ4v) is 2.61. The molecule has 0 saturated carbocycles. The number of carboxylic acid groups (broad SMARTS) is 1. The fraction of sp³-hybridized carbons (Fsp3) is 0.231. The number of rotatable bonds is 5. The zero-order valence-electron chi connectivity index (χ0n) is 10.2. The second kappa shape index (κ2) is 6.16. The SMILES string of the molecule is CCc1cc(OCc2ccc(Br)cn2)c(C(=O)O)s1. The van der Waals surface area contributed by atoms with Gasteiger partial charge in [0.15, 0.2) is 4.88 Å². The van der Waals surface area contributed by atoms with Crippen molar-refractivity contribution in [3.05, 3.63) is 44.3 Å². The molecule has 19 heavy (non-hydrogen) atoms. The van der Waals surface area contributed by atoms with Crippen LogP contribution in [0.5, 0.6) is 5.75 Å². The Balaban J connectivity index is 2.12. The number of hydrogen-bond donors (Lipinski definition) is 1. The van der Waals surface area contributed by atoms with Crippen molar-refractivity contribution in [1.82, 2.24) is 4.98 Å². The number of aromatic nitrogens is 1. The average molecular weight is 342 g/mol. The van der Waals surface area contributed by atoms with E-state index in [-0.39, 0.29) is 11.5 Å². The van der Waals surface area contributed by atoms with Crippen LogP contribution in [-0.4, -0.2) is 16.1 Å². The Morgan fingerprint density at radius 3 is 2.89 bits per heavy atom. The first kappa shape index (κ1) is 14.0. The molecule has 0 aliphatic carbocycles. The maximum atomic E-state index is 11.1. The molecule has 0 unspecified atom stereocenters. The van der Waals surface area contributed by atoms with Gasteiger partial charge >= 0.3 is 5.97 Å². The normalized spacial score (nSPS) is 10.4. The first-order valence-electron chi connectivity index (χ1n) is 5.69. The molecule has 0 radical (unpaired) electrons. The van der Waals surface area contributed by atoms with Crippen molar-refractivity contribution in [2.45, 2.75) is 20.0 Å². The molecule has 0 amide bonds. The van der Waals surface area contributed by atoms with Crippen molar-refractivity contribution in [2.75, 3.05) is 0 Å². The summed E-state index contributed by atoms with van der Waals surface area (Å²) in [7, 11) is 0. The summed E-state index contributed by atoms with van der Waals surface area (Å²) in [5, 5.41) is 9.12. The molecule has 0 bridgehead atoms. The molecule has 0 fully saturated rings. The highest BCUT2D eigenvalue weighted by Crippen LogP contribution is 2.30. The van der Waals surface area contributed by atoms with Gasteiger partial charge in [0.1, 0.15) is 12.4 Å². The number of carbonyl (C=O) groups is 1. The van der Waals surface area contributed by atoms with E-state index in [1.807, 2.05) is 19.1 Å². The standard InChI is InChI=1S/C13H12BrNO3S/c1-2-10-5-11(12(19-10)13(16)17)18-7-9-4-3-8(14)6-15-9/h3-6H,2,7H2,1H3,(H,16,17). The number of ether oxygens (including phenoxy) is 1. The fourth-order valence-electron chi connectivity index (χ4n) is 1.50. The summed E-state index contributed by atoms with van der Waals surface area (Å²) < 4.78 is 6.45. The molecule has 0 aromatic carbocycles. The van der Waals surface area contributed by atoms with E-state index in [0.29, 0.717) is 5.75 Å². The highest BCUT2D eigenvalue weighted by Gasteiger charge is 2.16. The molecule has 2 heterocycles. The average Bonchev–Trinajstić information content (AvgIpc) is 2.81. The van der Waals surface area contributed by atoms with Gasteiger partial charge in [-0.2, -0.15) is 0 Å². The monoisotopic (exact) mass is 341 g/mol. The van der Waals surface area contributed by atoms with E-state index in [2.05, 4.69) is 20.9 Å². The lowest BCUT2D eigenvalue weighted by Crippen LogP contribution is -2.01. The highest BCUT2D eigenvalue weighted by molar-refractivity contribution is 9.10.